The van der Waals surface area contributed by atoms with Crippen LogP contribution in [0.2, 0.25) is 5.02 Å². The van der Waals surface area contributed by atoms with Gasteiger partial charge < -0.3 is 9.84 Å². The first kappa shape index (κ1) is 11.2. The Bertz CT molecular complexity index is 435. The molecule has 1 aromatic carbocycles. The highest BCUT2D eigenvalue weighted by atomic mass is 35.5. The molecule has 0 bridgehead atoms. The minimum absolute atomic E-state index is 0.0326. The van der Waals surface area contributed by atoms with E-state index in [9.17, 15) is 10.1 Å². The fourth-order valence-corrected chi connectivity index (χ4v) is 2.01. The van der Waals surface area contributed by atoms with Gasteiger partial charge in [0, 0.05) is 17.7 Å². The molecule has 0 radical (unpaired) electrons. The zero-order valence-corrected chi connectivity index (χ0v) is 9.11. The van der Waals surface area contributed by atoms with Crippen LogP contribution in [0.1, 0.15) is 12.0 Å². The molecule has 1 atom stereocenters. The molecule has 0 fully saturated rings. The third-order valence-electron chi connectivity index (χ3n) is 2.54. The zero-order valence-electron chi connectivity index (χ0n) is 8.35. The second-order valence-electron chi connectivity index (χ2n) is 3.63. The Morgan fingerprint density at radius 2 is 2.38 bits per heavy atom. The Morgan fingerprint density at radius 1 is 1.62 bits per heavy atom. The maximum atomic E-state index is 10.6. The molecule has 0 unspecified atom stereocenters. The molecule has 1 heterocycles. The van der Waals surface area contributed by atoms with E-state index >= 15 is 0 Å². The minimum atomic E-state index is -0.482. The third-order valence-corrected chi connectivity index (χ3v) is 2.82. The number of aliphatic hydroxyl groups is 1. The molecule has 0 amide bonds. The van der Waals surface area contributed by atoms with Gasteiger partial charge in [0.2, 0.25) is 0 Å². The van der Waals surface area contributed by atoms with Gasteiger partial charge in [-0.25, -0.2) is 0 Å². The predicted octanol–water partition coefficient (Wildman–Crippen LogP) is 1.93. The Balaban J connectivity index is 2.40. The first-order chi connectivity index (χ1) is 7.61. The number of fused-ring (bicyclic) bond motifs is 1. The van der Waals surface area contributed by atoms with Gasteiger partial charge in [-0.3, -0.25) is 10.1 Å². The van der Waals surface area contributed by atoms with Crippen molar-refractivity contribution in [2.24, 2.45) is 0 Å². The maximum Gasteiger partial charge on any atom is 0.271 e. The van der Waals surface area contributed by atoms with Gasteiger partial charge in [-0.05, 0) is 12.8 Å². The Kier molecular flexibility index (Phi) is 2.98. The molecule has 0 aliphatic carbocycles. The molecular weight excluding hydrogens is 234 g/mol. The van der Waals surface area contributed by atoms with Crippen LogP contribution in [0.3, 0.4) is 0 Å². The van der Waals surface area contributed by atoms with E-state index in [0.717, 1.165) is 5.56 Å². The second kappa shape index (κ2) is 4.27. The first-order valence-electron chi connectivity index (χ1n) is 4.86. The molecule has 1 aliphatic heterocycles. The van der Waals surface area contributed by atoms with Crippen LogP contribution in [-0.4, -0.2) is 22.7 Å². The molecule has 1 aromatic rings. The van der Waals surface area contributed by atoms with E-state index in [1.807, 2.05) is 0 Å². The zero-order chi connectivity index (χ0) is 11.7. The SMILES string of the molecule is O=[N+]([O-])c1cc(Cl)c2c(c1)CC[C@H](CO)O2. The molecule has 86 valence electrons. The van der Waals surface area contributed by atoms with Crippen molar-refractivity contribution in [3.8, 4) is 5.75 Å². The van der Waals surface area contributed by atoms with E-state index in [1.165, 1.54) is 12.1 Å². The number of rotatable bonds is 2. The van der Waals surface area contributed by atoms with Gasteiger partial charge in [0.1, 0.15) is 11.9 Å². The summed E-state index contributed by atoms with van der Waals surface area (Å²) in [6, 6.07) is 2.73. The number of aliphatic hydroxyl groups excluding tert-OH is 1. The molecule has 0 aromatic heterocycles. The van der Waals surface area contributed by atoms with Crippen molar-refractivity contribution in [3.63, 3.8) is 0 Å². The van der Waals surface area contributed by atoms with Gasteiger partial charge in [-0.15, -0.1) is 0 Å². The number of nitrogens with zero attached hydrogens (tertiary/aromatic N) is 1. The van der Waals surface area contributed by atoms with Crippen molar-refractivity contribution < 1.29 is 14.8 Å². The van der Waals surface area contributed by atoms with Crippen molar-refractivity contribution >= 4 is 17.3 Å². The summed E-state index contributed by atoms with van der Waals surface area (Å²) in [6.45, 7) is -0.0766. The Labute approximate surface area is 96.7 Å². The van der Waals surface area contributed by atoms with E-state index in [4.69, 9.17) is 21.4 Å². The van der Waals surface area contributed by atoms with Crippen molar-refractivity contribution in [1.82, 2.24) is 0 Å². The fourth-order valence-electron chi connectivity index (χ4n) is 1.73. The second-order valence-corrected chi connectivity index (χ2v) is 4.04. The van der Waals surface area contributed by atoms with Gasteiger partial charge >= 0.3 is 0 Å². The topological polar surface area (TPSA) is 72.6 Å². The van der Waals surface area contributed by atoms with Gasteiger partial charge in [0.25, 0.3) is 5.69 Å². The van der Waals surface area contributed by atoms with E-state index in [-0.39, 0.29) is 23.4 Å². The summed E-state index contributed by atoms with van der Waals surface area (Å²) < 4.78 is 5.44. The highest BCUT2D eigenvalue weighted by Gasteiger charge is 2.24. The van der Waals surface area contributed by atoms with Crippen molar-refractivity contribution in [2.45, 2.75) is 18.9 Å². The van der Waals surface area contributed by atoms with Gasteiger partial charge in [0.15, 0.2) is 0 Å². The van der Waals surface area contributed by atoms with Gasteiger partial charge in [-0.2, -0.15) is 0 Å². The standard InChI is InChI=1S/C10H10ClNO4/c11-9-4-7(12(14)15)3-6-1-2-8(5-13)16-10(6)9/h3-4,8,13H,1-2,5H2/t8-/m1/s1. The molecule has 0 spiro atoms. The van der Waals surface area contributed by atoms with E-state index < -0.39 is 4.92 Å². The average Bonchev–Trinajstić information content (AvgIpc) is 2.28. The molecular formula is C10H10ClNO4. The van der Waals surface area contributed by atoms with Crippen LogP contribution >= 0.6 is 11.6 Å². The van der Waals surface area contributed by atoms with Crippen LogP contribution < -0.4 is 4.74 Å². The number of hydrogen-bond acceptors (Lipinski definition) is 4. The van der Waals surface area contributed by atoms with Crippen molar-refractivity contribution in [1.29, 1.82) is 0 Å². The first-order valence-corrected chi connectivity index (χ1v) is 5.24. The lowest BCUT2D eigenvalue weighted by Crippen LogP contribution is -2.26. The minimum Gasteiger partial charge on any atom is -0.486 e. The van der Waals surface area contributed by atoms with Crippen molar-refractivity contribution in [2.75, 3.05) is 6.61 Å². The lowest BCUT2D eigenvalue weighted by molar-refractivity contribution is -0.384. The number of halogens is 1. The molecule has 16 heavy (non-hydrogen) atoms. The van der Waals surface area contributed by atoms with Crippen molar-refractivity contribution in [3.05, 3.63) is 32.8 Å². The van der Waals surface area contributed by atoms with E-state index in [1.54, 1.807) is 0 Å². The Morgan fingerprint density at radius 3 is 3.00 bits per heavy atom. The van der Waals surface area contributed by atoms with Crippen LogP contribution in [0.4, 0.5) is 5.69 Å². The predicted molar refractivity (Wildman–Crippen MR) is 57.9 cm³/mol. The molecule has 6 heteroatoms. The number of aryl methyl sites for hydroxylation is 1. The van der Waals surface area contributed by atoms with Crippen LogP contribution in [0, 0.1) is 10.1 Å². The maximum absolute atomic E-state index is 10.6. The lowest BCUT2D eigenvalue weighted by atomic mass is 10.0. The molecule has 0 saturated heterocycles. The number of benzene rings is 1. The largest absolute Gasteiger partial charge is 0.486 e. The van der Waals surface area contributed by atoms with Crippen LogP contribution in [0.25, 0.3) is 0 Å². The van der Waals surface area contributed by atoms with Gasteiger partial charge in [0.05, 0.1) is 16.6 Å². The molecule has 1 N–H and O–H groups in total. The summed E-state index contributed by atoms with van der Waals surface area (Å²) in [5.41, 5.74) is 0.693. The molecule has 2 rings (SSSR count). The lowest BCUT2D eigenvalue weighted by Gasteiger charge is -2.25. The van der Waals surface area contributed by atoms with E-state index in [2.05, 4.69) is 0 Å². The number of non-ortho nitro benzene ring substituents is 1. The smallest absolute Gasteiger partial charge is 0.271 e. The summed E-state index contributed by atoms with van der Waals surface area (Å²) in [5.74, 6) is 0.456. The highest BCUT2D eigenvalue weighted by molar-refractivity contribution is 6.32. The van der Waals surface area contributed by atoms with Crippen LogP contribution in [0.15, 0.2) is 12.1 Å². The Hall–Kier alpha value is -1.33. The normalized spacial score (nSPS) is 18.8. The highest BCUT2D eigenvalue weighted by Crippen LogP contribution is 2.37. The fraction of sp³-hybridized carbons (Fsp3) is 0.400. The van der Waals surface area contributed by atoms with Crippen LogP contribution in [-0.2, 0) is 6.42 Å². The monoisotopic (exact) mass is 243 g/mol. The summed E-state index contributed by atoms with van der Waals surface area (Å²) >= 11 is 5.90. The third kappa shape index (κ3) is 1.96. The molecule has 0 saturated carbocycles. The summed E-state index contributed by atoms with van der Waals surface area (Å²) in [6.07, 6.45) is 0.995. The molecule has 1 aliphatic rings. The van der Waals surface area contributed by atoms with E-state index in [0.29, 0.717) is 18.6 Å². The number of ether oxygens (including phenoxy) is 1. The summed E-state index contributed by atoms with van der Waals surface area (Å²) in [4.78, 5) is 10.1. The van der Waals surface area contributed by atoms with Crippen LogP contribution in [0.5, 0.6) is 5.75 Å². The summed E-state index contributed by atoms with van der Waals surface area (Å²) in [5, 5.41) is 19.8. The number of hydrogen-bond donors (Lipinski definition) is 1. The number of nitro benzene ring substituents is 1. The average molecular weight is 244 g/mol. The molecule has 5 nitrogen and oxygen atoms in total. The quantitative estimate of drug-likeness (QED) is 0.636. The number of nitro groups is 1. The summed E-state index contributed by atoms with van der Waals surface area (Å²) in [7, 11) is 0. The van der Waals surface area contributed by atoms with Gasteiger partial charge in [-0.1, -0.05) is 11.6 Å².